The largest absolute Gasteiger partial charge is 0.478 e. The molecule has 1 aromatic carbocycles. The fourth-order valence-corrected chi connectivity index (χ4v) is 1.77. The van der Waals surface area contributed by atoms with Crippen LogP contribution in [0.2, 0.25) is 0 Å². The van der Waals surface area contributed by atoms with Crippen LogP contribution in [0.15, 0.2) is 24.3 Å². The van der Waals surface area contributed by atoms with Crippen LogP contribution in [0.4, 0.5) is 4.79 Å². The van der Waals surface area contributed by atoms with Crippen molar-refractivity contribution in [1.82, 2.24) is 15.5 Å². The lowest BCUT2D eigenvalue weighted by atomic mass is 10.0. The van der Waals surface area contributed by atoms with Gasteiger partial charge >= 0.3 is 12.0 Å². The summed E-state index contributed by atoms with van der Waals surface area (Å²) < 4.78 is 0. The van der Waals surface area contributed by atoms with Crippen molar-refractivity contribution in [3.63, 3.8) is 0 Å². The molecule has 0 fully saturated rings. The number of carboxylic acids is 1. The summed E-state index contributed by atoms with van der Waals surface area (Å²) in [5.74, 6) is -0.946. The Morgan fingerprint density at radius 1 is 1.25 bits per heavy atom. The first-order valence-corrected chi connectivity index (χ1v) is 6.51. The summed E-state index contributed by atoms with van der Waals surface area (Å²) in [5.41, 5.74) is 1.00. The van der Waals surface area contributed by atoms with E-state index in [9.17, 15) is 9.59 Å². The third-order valence-corrected chi connectivity index (χ3v) is 2.96. The molecule has 0 spiro atoms. The van der Waals surface area contributed by atoms with Crippen molar-refractivity contribution in [2.45, 2.75) is 6.42 Å². The Balaban J connectivity index is 2.45. The van der Waals surface area contributed by atoms with Gasteiger partial charge in [0.25, 0.3) is 0 Å². The highest BCUT2D eigenvalue weighted by molar-refractivity contribution is 5.89. The molecule has 3 N–H and O–H groups in total. The van der Waals surface area contributed by atoms with Gasteiger partial charge in [-0.1, -0.05) is 18.2 Å². The van der Waals surface area contributed by atoms with Gasteiger partial charge in [-0.15, -0.1) is 0 Å². The Labute approximate surface area is 118 Å². The van der Waals surface area contributed by atoms with E-state index in [1.165, 1.54) is 0 Å². The molecule has 0 aliphatic heterocycles. The number of likely N-dealkylation sites (N-methyl/N-ethyl adjacent to an activating group) is 2. The fraction of sp³-hybridized carbons (Fsp3) is 0.429. The molecule has 0 saturated heterocycles. The molecular formula is C14H21N3O3. The van der Waals surface area contributed by atoms with Gasteiger partial charge in [0.1, 0.15) is 0 Å². The molecule has 1 rings (SSSR count). The van der Waals surface area contributed by atoms with Crippen LogP contribution in [-0.4, -0.2) is 55.7 Å². The van der Waals surface area contributed by atoms with Gasteiger partial charge in [-0.3, -0.25) is 0 Å². The minimum Gasteiger partial charge on any atom is -0.478 e. The standard InChI is InChI=1S/C14H21N3O3/c1-15-9-10-17(2)14(20)16-8-7-11-5-3-4-6-12(11)13(18)19/h3-6,15H,7-10H2,1-2H3,(H,16,20)(H,18,19). The van der Waals surface area contributed by atoms with Crippen molar-refractivity contribution in [3.05, 3.63) is 35.4 Å². The molecule has 6 nitrogen and oxygen atoms in total. The Morgan fingerprint density at radius 2 is 1.95 bits per heavy atom. The lowest BCUT2D eigenvalue weighted by molar-refractivity contribution is 0.0695. The predicted molar refractivity (Wildman–Crippen MR) is 77.1 cm³/mol. The fourth-order valence-electron chi connectivity index (χ4n) is 1.77. The average Bonchev–Trinajstić information content (AvgIpc) is 2.44. The number of hydrogen-bond donors (Lipinski definition) is 3. The zero-order valence-corrected chi connectivity index (χ0v) is 11.8. The quantitative estimate of drug-likeness (QED) is 0.689. The van der Waals surface area contributed by atoms with E-state index in [1.54, 1.807) is 36.2 Å². The first-order valence-electron chi connectivity index (χ1n) is 6.51. The van der Waals surface area contributed by atoms with E-state index in [0.29, 0.717) is 19.5 Å². The molecule has 2 amide bonds. The number of urea groups is 1. The van der Waals surface area contributed by atoms with Gasteiger partial charge in [-0.2, -0.15) is 0 Å². The second-order valence-electron chi connectivity index (χ2n) is 4.47. The monoisotopic (exact) mass is 279 g/mol. The summed E-state index contributed by atoms with van der Waals surface area (Å²) in [6.07, 6.45) is 0.494. The first-order chi connectivity index (χ1) is 9.56. The Hall–Kier alpha value is -2.08. The molecule has 0 aliphatic carbocycles. The van der Waals surface area contributed by atoms with Crippen LogP contribution >= 0.6 is 0 Å². The van der Waals surface area contributed by atoms with Crippen LogP contribution in [0.25, 0.3) is 0 Å². The SMILES string of the molecule is CNCCN(C)C(=O)NCCc1ccccc1C(=O)O. The van der Waals surface area contributed by atoms with Crippen molar-refractivity contribution < 1.29 is 14.7 Å². The number of carbonyl (C=O) groups excluding carboxylic acids is 1. The van der Waals surface area contributed by atoms with Gasteiger partial charge < -0.3 is 20.6 Å². The summed E-state index contributed by atoms with van der Waals surface area (Å²) in [7, 11) is 3.55. The maximum Gasteiger partial charge on any atom is 0.335 e. The van der Waals surface area contributed by atoms with Crippen LogP contribution < -0.4 is 10.6 Å². The van der Waals surface area contributed by atoms with Crippen molar-refractivity contribution in [2.75, 3.05) is 33.7 Å². The number of rotatable bonds is 7. The molecule has 6 heteroatoms. The second kappa shape index (κ2) is 8.16. The number of carboxylic acid groups (broad SMARTS) is 1. The zero-order valence-electron chi connectivity index (χ0n) is 11.8. The van der Waals surface area contributed by atoms with Gasteiger partial charge in [-0.05, 0) is 25.1 Å². The van der Waals surface area contributed by atoms with Crippen LogP contribution in [-0.2, 0) is 6.42 Å². The van der Waals surface area contributed by atoms with E-state index in [0.717, 1.165) is 12.1 Å². The van der Waals surface area contributed by atoms with Crippen molar-refractivity contribution in [2.24, 2.45) is 0 Å². The number of aromatic carboxylic acids is 1. The number of nitrogens with zero attached hydrogens (tertiary/aromatic N) is 1. The minimum atomic E-state index is -0.946. The van der Waals surface area contributed by atoms with E-state index < -0.39 is 5.97 Å². The van der Waals surface area contributed by atoms with Gasteiger partial charge in [0.05, 0.1) is 5.56 Å². The number of carbonyl (C=O) groups is 2. The lowest BCUT2D eigenvalue weighted by Crippen LogP contribution is -2.41. The van der Waals surface area contributed by atoms with E-state index in [1.807, 2.05) is 7.05 Å². The maximum atomic E-state index is 11.7. The molecule has 0 heterocycles. The van der Waals surface area contributed by atoms with Crippen molar-refractivity contribution in [1.29, 1.82) is 0 Å². The van der Waals surface area contributed by atoms with Crippen LogP contribution in [0, 0.1) is 0 Å². The topological polar surface area (TPSA) is 81.7 Å². The molecule has 0 radical (unpaired) electrons. The Morgan fingerprint density at radius 3 is 2.60 bits per heavy atom. The second-order valence-corrected chi connectivity index (χ2v) is 4.47. The molecule has 0 bridgehead atoms. The lowest BCUT2D eigenvalue weighted by Gasteiger charge is -2.17. The number of amides is 2. The number of benzene rings is 1. The molecule has 110 valence electrons. The minimum absolute atomic E-state index is 0.159. The van der Waals surface area contributed by atoms with Crippen molar-refractivity contribution >= 4 is 12.0 Å². The molecule has 1 aromatic rings. The van der Waals surface area contributed by atoms with Crippen LogP contribution in [0.5, 0.6) is 0 Å². The third-order valence-electron chi connectivity index (χ3n) is 2.96. The predicted octanol–water partition coefficient (Wildman–Crippen LogP) is 0.788. The highest BCUT2D eigenvalue weighted by Crippen LogP contribution is 2.08. The van der Waals surface area contributed by atoms with E-state index in [-0.39, 0.29) is 11.6 Å². The van der Waals surface area contributed by atoms with Gasteiger partial charge in [0, 0.05) is 26.7 Å². The Bertz CT molecular complexity index is 463. The highest BCUT2D eigenvalue weighted by Gasteiger charge is 2.10. The molecular weight excluding hydrogens is 258 g/mol. The summed E-state index contributed by atoms with van der Waals surface area (Å²) in [6, 6.07) is 6.66. The van der Waals surface area contributed by atoms with Crippen LogP contribution in [0.3, 0.4) is 0 Å². The Kier molecular flexibility index (Phi) is 6.52. The van der Waals surface area contributed by atoms with Crippen molar-refractivity contribution in [3.8, 4) is 0 Å². The summed E-state index contributed by atoms with van der Waals surface area (Å²) in [4.78, 5) is 24.4. The molecule has 0 atom stereocenters. The molecule has 0 aliphatic rings. The van der Waals surface area contributed by atoms with E-state index in [4.69, 9.17) is 5.11 Å². The first kappa shape index (κ1) is 16.0. The zero-order chi connectivity index (χ0) is 15.0. The van der Waals surface area contributed by atoms with Crippen LogP contribution in [0.1, 0.15) is 15.9 Å². The normalized spacial score (nSPS) is 10.1. The third kappa shape index (κ3) is 4.89. The van der Waals surface area contributed by atoms with Gasteiger partial charge in [0.15, 0.2) is 0 Å². The van der Waals surface area contributed by atoms with E-state index in [2.05, 4.69) is 10.6 Å². The molecule has 0 unspecified atom stereocenters. The number of nitrogens with one attached hydrogen (secondary N) is 2. The van der Waals surface area contributed by atoms with E-state index >= 15 is 0 Å². The van der Waals surface area contributed by atoms with Gasteiger partial charge in [-0.25, -0.2) is 9.59 Å². The average molecular weight is 279 g/mol. The smallest absolute Gasteiger partial charge is 0.335 e. The molecule has 0 aromatic heterocycles. The summed E-state index contributed by atoms with van der Waals surface area (Å²) in [5, 5.41) is 14.8. The maximum absolute atomic E-state index is 11.7. The highest BCUT2D eigenvalue weighted by atomic mass is 16.4. The molecule has 20 heavy (non-hydrogen) atoms. The summed E-state index contributed by atoms with van der Waals surface area (Å²) in [6.45, 7) is 1.76. The van der Waals surface area contributed by atoms with Gasteiger partial charge in [0.2, 0.25) is 0 Å². The molecule has 0 saturated carbocycles. The number of hydrogen-bond acceptors (Lipinski definition) is 3. The summed E-state index contributed by atoms with van der Waals surface area (Å²) >= 11 is 0.